The van der Waals surface area contributed by atoms with Crippen molar-refractivity contribution in [3.8, 4) is 0 Å². The number of carbonyl (C=O) groups excluding carboxylic acids is 1. The van der Waals surface area contributed by atoms with Crippen molar-refractivity contribution in [3.63, 3.8) is 0 Å². The van der Waals surface area contributed by atoms with Crippen LogP contribution in [0.3, 0.4) is 0 Å². The van der Waals surface area contributed by atoms with Crippen LogP contribution in [0, 0.1) is 6.92 Å². The van der Waals surface area contributed by atoms with Crippen molar-refractivity contribution in [1.82, 2.24) is 10.2 Å². The van der Waals surface area contributed by atoms with Gasteiger partial charge in [-0.3, -0.25) is 9.69 Å². The number of hydrogen-bond donors (Lipinski definition) is 1. The first-order valence-corrected chi connectivity index (χ1v) is 10.0. The van der Waals surface area contributed by atoms with E-state index in [0.29, 0.717) is 6.54 Å². The van der Waals surface area contributed by atoms with E-state index in [1.807, 2.05) is 31.2 Å². The van der Waals surface area contributed by atoms with Crippen molar-refractivity contribution in [3.05, 3.63) is 64.7 Å². The third kappa shape index (κ3) is 3.86. The van der Waals surface area contributed by atoms with Gasteiger partial charge in [0.25, 0.3) is 5.91 Å². The van der Waals surface area contributed by atoms with Crippen molar-refractivity contribution in [1.29, 1.82) is 0 Å². The highest BCUT2D eigenvalue weighted by Gasteiger charge is 2.26. The van der Waals surface area contributed by atoms with Crippen molar-refractivity contribution < 1.29 is 4.79 Å². The van der Waals surface area contributed by atoms with E-state index in [-0.39, 0.29) is 11.9 Å². The second-order valence-electron chi connectivity index (χ2n) is 7.89. The Morgan fingerprint density at radius 3 is 2.56 bits per heavy atom. The molecule has 1 amide bonds. The van der Waals surface area contributed by atoms with Gasteiger partial charge in [0.05, 0.1) is 6.04 Å². The van der Waals surface area contributed by atoms with Crippen LogP contribution >= 0.6 is 0 Å². The van der Waals surface area contributed by atoms with Crippen LogP contribution in [0.25, 0.3) is 0 Å². The molecule has 0 unspecified atom stereocenters. The Kier molecular flexibility index (Phi) is 5.17. The van der Waals surface area contributed by atoms with Gasteiger partial charge in [-0.05, 0) is 68.6 Å². The maximum Gasteiger partial charge on any atom is 0.251 e. The molecule has 2 aliphatic heterocycles. The first-order chi connectivity index (χ1) is 13.1. The zero-order chi connectivity index (χ0) is 18.8. The van der Waals surface area contributed by atoms with E-state index in [2.05, 4.69) is 40.4 Å². The Morgan fingerprint density at radius 1 is 1.07 bits per heavy atom. The highest BCUT2D eigenvalue weighted by Crippen LogP contribution is 2.32. The summed E-state index contributed by atoms with van der Waals surface area (Å²) in [5.74, 6) is 0.0140. The molecule has 0 spiro atoms. The van der Waals surface area contributed by atoms with Crippen LogP contribution in [0.15, 0.2) is 42.5 Å². The lowest BCUT2D eigenvalue weighted by atomic mass is 10.0. The fraction of sp³-hybridized carbons (Fsp3) is 0.435. The minimum absolute atomic E-state index is 0.0140. The fourth-order valence-corrected chi connectivity index (χ4v) is 4.30. The van der Waals surface area contributed by atoms with Gasteiger partial charge in [0.15, 0.2) is 0 Å². The summed E-state index contributed by atoms with van der Waals surface area (Å²) >= 11 is 0. The molecule has 4 heteroatoms. The van der Waals surface area contributed by atoms with Gasteiger partial charge in [0.2, 0.25) is 0 Å². The average Bonchev–Trinajstić information content (AvgIpc) is 3.33. The number of aryl methyl sites for hydroxylation is 1. The van der Waals surface area contributed by atoms with Gasteiger partial charge in [-0.25, -0.2) is 0 Å². The summed E-state index contributed by atoms with van der Waals surface area (Å²) in [4.78, 5) is 17.4. The van der Waals surface area contributed by atoms with Crippen LogP contribution in [0.2, 0.25) is 0 Å². The standard InChI is InChI=1S/C23H29N3O/c1-17-5-7-18(8-6-17)23(27)24-16-22(26-12-3-4-13-26)19-9-10-21-20(15-19)11-14-25(21)2/h5-10,15,22H,3-4,11-14,16H2,1-2H3,(H,24,27)/t22-/m0/s1. The molecule has 2 aromatic rings. The number of benzene rings is 2. The van der Waals surface area contributed by atoms with Gasteiger partial charge in [-0.1, -0.05) is 29.8 Å². The summed E-state index contributed by atoms with van der Waals surface area (Å²) in [6.45, 7) is 6.01. The summed E-state index contributed by atoms with van der Waals surface area (Å²) < 4.78 is 0. The van der Waals surface area contributed by atoms with Gasteiger partial charge in [-0.2, -0.15) is 0 Å². The van der Waals surface area contributed by atoms with Gasteiger partial charge >= 0.3 is 0 Å². The zero-order valence-corrected chi connectivity index (χ0v) is 16.4. The topological polar surface area (TPSA) is 35.6 Å². The quantitative estimate of drug-likeness (QED) is 0.882. The average molecular weight is 364 g/mol. The number of hydrogen-bond acceptors (Lipinski definition) is 3. The zero-order valence-electron chi connectivity index (χ0n) is 16.4. The van der Waals surface area contributed by atoms with Crippen LogP contribution in [-0.2, 0) is 6.42 Å². The molecular formula is C23H29N3O. The summed E-state index contributed by atoms with van der Waals surface area (Å²) in [7, 11) is 2.16. The lowest BCUT2D eigenvalue weighted by molar-refractivity contribution is 0.0938. The monoisotopic (exact) mass is 363 g/mol. The minimum Gasteiger partial charge on any atom is -0.374 e. The fourth-order valence-electron chi connectivity index (χ4n) is 4.30. The Bertz CT molecular complexity index is 809. The van der Waals surface area contributed by atoms with E-state index >= 15 is 0 Å². The van der Waals surface area contributed by atoms with E-state index in [1.165, 1.54) is 35.2 Å². The van der Waals surface area contributed by atoms with Crippen LogP contribution in [-0.4, -0.2) is 44.0 Å². The summed E-state index contributed by atoms with van der Waals surface area (Å²) in [6.07, 6.45) is 3.61. The Labute approximate surface area is 162 Å². The first-order valence-electron chi connectivity index (χ1n) is 10.0. The van der Waals surface area contributed by atoms with Crippen LogP contribution < -0.4 is 10.2 Å². The van der Waals surface area contributed by atoms with E-state index in [9.17, 15) is 4.79 Å². The maximum atomic E-state index is 12.6. The number of rotatable bonds is 5. The predicted octanol–water partition coefficient (Wildman–Crippen LogP) is 3.55. The SMILES string of the molecule is Cc1ccc(C(=O)NC[C@@H](c2ccc3c(c2)CCN3C)N2CCCC2)cc1. The normalized spacial score (nSPS) is 17.8. The van der Waals surface area contributed by atoms with Gasteiger partial charge in [-0.15, -0.1) is 0 Å². The third-order valence-electron chi connectivity index (χ3n) is 5.97. The van der Waals surface area contributed by atoms with Gasteiger partial charge in [0.1, 0.15) is 0 Å². The largest absolute Gasteiger partial charge is 0.374 e. The Morgan fingerprint density at radius 2 is 1.81 bits per heavy atom. The van der Waals surface area contributed by atoms with Crippen molar-refractivity contribution in [2.45, 2.75) is 32.2 Å². The summed E-state index contributed by atoms with van der Waals surface area (Å²) in [5.41, 5.74) is 6.02. The first kappa shape index (κ1) is 18.1. The molecule has 0 aliphatic carbocycles. The lowest BCUT2D eigenvalue weighted by Gasteiger charge is -2.29. The van der Waals surface area contributed by atoms with Crippen molar-refractivity contribution >= 4 is 11.6 Å². The molecule has 1 fully saturated rings. The van der Waals surface area contributed by atoms with E-state index in [4.69, 9.17) is 0 Å². The van der Waals surface area contributed by atoms with Crippen LogP contribution in [0.1, 0.15) is 45.9 Å². The summed E-state index contributed by atoms with van der Waals surface area (Å²) in [6, 6.07) is 14.9. The van der Waals surface area contributed by atoms with Crippen LogP contribution in [0.4, 0.5) is 5.69 Å². The third-order valence-corrected chi connectivity index (χ3v) is 5.97. The molecule has 4 nitrogen and oxygen atoms in total. The summed E-state index contributed by atoms with van der Waals surface area (Å²) in [5, 5.41) is 3.18. The molecule has 4 rings (SSSR count). The number of likely N-dealkylation sites (N-methyl/N-ethyl adjacent to an activating group) is 1. The highest BCUT2D eigenvalue weighted by molar-refractivity contribution is 5.94. The Hall–Kier alpha value is -2.33. The molecule has 0 bridgehead atoms. The molecule has 0 saturated carbocycles. The van der Waals surface area contributed by atoms with Crippen LogP contribution in [0.5, 0.6) is 0 Å². The molecule has 2 aromatic carbocycles. The van der Waals surface area contributed by atoms with Crippen molar-refractivity contribution in [2.75, 3.05) is 38.1 Å². The predicted molar refractivity (Wildman–Crippen MR) is 110 cm³/mol. The molecule has 1 N–H and O–H groups in total. The molecule has 2 heterocycles. The van der Waals surface area contributed by atoms with E-state index in [0.717, 1.165) is 31.6 Å². The Balaban J connectivity index is 1.51. The van der Waals surface area contributed by atoms with E-state index in [1.54, 1.807) is 0 Å². The number of nitrogens with one attached hydrogen (secondary N) is 1. The highest BCUT2D eigenvalue weighted by atomic mass is 16.1. The molecular weight excluding hydrogens is 334 g/mol. The molecule has 1 saturated heterocycles. The van der Waals surface area contributed by atoms with Gasteiger partial charge in [0, 0.05) is 31.4 Å². The molecule has 0 aromatic heterocycles. The number of nitrogens with zero attached hydrogens (tertiary/aromatic N) is 2. The number of amides is 1. The lowest BCUT2D eigenvalue weighted by Crippen LogP contribution is -2.36. The number of anilines is 1. The molecule has 2 aliphatic rings. The maximum absolute atomic E-state index is 12.6. The second kappa shape index (κ2) is 7.73. The minimum atomic E-state index is 0.0140. The molecule has 27 heavy (non-hydrogen) atoms. The van der Waals surface area contributed by atoms with Crippen molar-refractivity contribution in [2.24, 2.45) is 0 Å². The second-order valence-corrected chi connectivity index (χ2v) is 7.89. The molecule has 1 atom stereocenters. The number of likely N-dealkylation sites (tertiary alicyclic amines) is 1. The molecule has 0 radical (unpaired) electrons. The number of fused-ring (bicyclic) bond motifs is 1. The number of carbonyl (C=O) groups is 1. The van der Waals surface area contributed by atoms with E-state index < -0.39 is 0 Å². The molecule has 142 valence electrons. The smallest absolute Gasteiger partial charge is 0.251 e. The van der Waals surface area contributed by atoms with Gasteiger partial charge < -0.3 is 10.2 Å².